The normalized spacial score (nSPS) is 15.3. The van der Waals surface area contributed by atoms with Crippen molar-refractivity contribution in [1.82, 2.24) is 4.72 Å². The maximum Gasteiger partial charge on any atom is 0.250 e. The number of sulfonamides is 1. The minimum absolute atomic E-state index is 0.256. The van der Waals surface area contributed by atoms with E-state index >= 15 is 0 Å². The van der Waals surface area contributed by atoms with E-state index in [1.165, 1.54) is 24.6 Å². The predicted octanol–water partition coefficient (Wildman–Crippen LogP) is 3.52. The number of benzene rings is 1. The lowest BCUT2D eigenvalue weighted by molar-refractivity contribution is 0.584. The van der Waals surface area contributed by atoms with Crippen molar-refractivity contribution in [3.8, 4) is 0 Å². The van der Waals surface area contributed by atoms with Gasteiger partial charge in [-0.2, -0.15) is 0 Å². The number of nitrogens with zero attached hydrogens (tertiary/aromatic N) is 1. The molecule has 1 aliphatic rings. The van der Waals surface area contributed by atoms with Gasteiger partial charge < -0.3 is 4.90 Å². The highest BCUT2D eigenvalue weighted by Gasteiger charge is 2.16. The summed E-state index contributed by atoms with van der Waals surface area (Å²) in [5, 5.41) is 0. The summed E-state index contributed by atoms with van der Waals surface area (Å²) in [6, 6.07) is 11.5. The first-order valence-corrected chi connectivity index (χ1v) is 10.3. The maximum absolute atomic E-state index is 12.1. The highest BCUT2D eigenvalue weighted by atomic mass is 35.5. The molecule has 0 aliphatic carbocycles. The van der Waals surface area contributed by atoms with Crippen molar-refractivity contribution in [3.63, 3.8) is 0 Å². The van der Waals surface area contributed by atoms with Gasteiger partial charge in [0.2, 0.25) is 10.0 Å². The smallest absolute Gasteiger partial charge is 0.250 e. The van der Waals surface area contributed by atoms with Gasteiger partial charge in [-0.15, -0.1) is 11.3 Å². The lowest BCUT2D eigenvalue weighted by Gasteiger charge is -2.17. The Hall–Kier alpha value is -1.08. The van der Waals surface area contributed by atoms with Crippen LogP contribution in [0.4, 0.5) is 5.69 Å². The lowest BCUT2D eigenvalue weighted by atomic mass is 10.1. The standard InChI is InChI=1S/C16H19ClN2O2S2/c17-15-7-8-16(22-15)23(20,21)18-10-9-13-3-5-14(6-4-13)19-11-1-2-12-19/h3-8,18H,1-2,9-12H2. The molecule has 3 rings (SSSR count). The van der Waals surface area contributed by atoms with Crippen LogP contribution in [0.3, 0.4) is 0 Å². The van der Waals surface area contributed by atoms with E-state index in [2.05, 4.69) is 33.9 Å². The Morgan fingerprint density at radius 3 is 2.39 bits per heavy atom. The van der Waals surface area contributed by atoms with Crippen LogP contribution in [-0.2, 0) is 16.4 Å². The fourth-order valence-corrected chi connectivity index (χ4v) is 5.25. The maximum atomic E-state index is 12.1. The number of anilines is 1. The van der Waals surface area contributed by atoms with Crippen LogP contribution in [0.1, 0.15) is 18.4 Å². The van der Waals surface area contributed by atoms with Crippen LogP contribution >= 0.6 is 22.9 Å². The summed E-state index contributed by atoms with van der Waals surface area (Å²) in [5.41, 5.74) is 2.37. The van der Waals surface area contributed by atoms with Crippen molar-refractivity contribution in [2.45, 2.75) is 23.5 Å². The molecular weight excluding hydrogens is 352 g/mol. The van der Waals surface area contributed by atoms with Crippen LogP contribution < -0.4 is 9.62 Å². The minimum Gasteiger partial charge on any atom is -0.372 e. The number of rotatable bonds is 6. The van der Waals surface area contributed by atoms with Crippen LogP contribution in [0, 0.1) is 0 Å². The van der Waals surface area contributed by atoms with E-state index in [1.807, 2.05) is 0 Å². The number of hydrogen-bond donors (Lipinski definition) is 1. The molecule has 0 bridgehead atoms. The number of halogens is 1. The van der Waals surface area contributed by atoms with Gasteiger partial charge in [0.25, 0.3) is 0 Å². The predicted molar refractivity (Wildman–Crippen MR) is 96.1 cm³/mol. The molecule has 1 aromatic heterocycles. The molecule has 23 heavy (non-hydrogen) atoms. The van der Waals surface area contributed by atoms with Crippen LogP contribution in [0.15, 0.2) is 40.6 Å². The third kappa shape index (κ3) is 4.26. The molecule has 1 aromatic carbocycles. The van der Waals surface area contributed by atoms with E-state index < -0.39 is 10.0 Å². The molecule has 1 fully saturated rings. The third-order valence-electron chi connectivity index (χ3n) is 3.93. The van der Waals surface area contributed by atoms with E-state index in [9.17, 15) is 8.42 Å². The Balaban J connectivity index is 1.54. The molecule has 0 spiro atoms. The molecule has 0 amide bonds. The minimum atomic E-state index is -3.45. The van der Waals surface area contributed by atoms with Crippen LogP contribution in [-0.4, -0.2) is 28.1 Å². The van der Waals surface area contributed by atoms with Gasteiger partial charge >= 0.3 is 0 Å². The second-order valence-corrected chi connectivity index (χ2v) is 9.28. The Morgan fingerprint density at radius 1 is 1.09 bits per heavy atom. The fourth-order valence-electron chi connectivity index (χ4n) is 2.69. The van der Waals surface area contributed by atoms with Gasteiger partial charge in [-0.3, -0.25) is 0 Å². The number of nitrogens with one attached hydrogen (secondary N) is 1. The highest BCUT2D eigenvalue weighted by Crippen LogP contribution is 2.25. The topological polar surface area (TPSA) is 49.4 Å². The molecule has 1 saturated heterocycles. The summed E-state index contributed by atoms with van der Waals surface area (Å²) in [6.07, 6.45) is 3.19. The second kappa shape index (κ2) is 7.21. The number of thiophene rings is 1. The van der Waals surface area contributed by atoms with E-state index in [1.54, 1.807) is 6.07 Å². The first kappa shape index (κ1) is 16.8. The van der Waals surface area contributed by atoms with Crippen LogP contribution in [0.2, 0.25) is 4.34 Å². The van der Waals surface area contributed by atoms with Gasteiger partial charge in [0.05, 0.1) is 4.34 Å². The first-order chi connectivity index (χ1) is 11.0. The van der Waals surface area contributed by atoms with Crippen molar-refractivity contribution in [1.29, 1.82) is 0 Å². The molecule has 1 N–H and O–H groups in total. The molecule has 0 unspecified atom stereocenters. The monoisotopic (exact) mass is 370 g/mol. The zero-order valence-corrected chi connectivity index (χ0v) is 15.1. The Labute approximate surface area is 146 Å². The van der Waals surface area contributed by atoms with Crippen LogP contribution in [0.5, 0.6) is 0 Å². The van der Waals surface area contributed by atoms with Gasteiger partial charge in [0, 0.05) is 25.3 Å². The van der Waals surface area contributed by atoms with Gasteiger partial charge in [-0.25, -0.2) is 13.1 Å². The molecule has 0 radical (unpaired) electrons. The van der Waals surface area contributed by atoms with E-state index in [4.69, 9.17) is 11.6 Å². The molecule has 2 heterocycles. The van der Waals surface area contributed by atoms with Crippen molar-refractivity contribution >= 4 is 38.6 Å². The van der Waals surface area contributed by atoms with Gasteiger partial charge in [0.1, 0.15) is 4.21 Å². The first-order valence-electron chi connectivity index (χ1n) is 7.63. The van der Waals surface area contributed by atoms with Gasteiger partial charge in [0.15, 0.2) is 0 Å². The Morgan fingerprint density at radius 2 is 1.78 bits per heavy atom. The summed E-state index contributed by atoms with van der Waals surface area (Å²) < 4.78 is 27.5. The number of hydrogen-bond acceptors (Lipinski definition) is 4. The summed E-state index contributed by atoms with van der Waals surface area (Å²) in [4.78, 5) is 2.38. The molecule has 7 heteroatoms. The zero-order valence-electron chi connectivity index (χ0n) is 12.7. The highest BCUT2D eigenvalue weighted by molar-refractivity contribution is 7.91. The SMILES string of the molecule is O=S(=O)(NCCc1ccc(N2CCCC2)cc1)c1ccc(Cl)s1. The average Bonchev–Trinajstić information content (AvgIpc) is 3.19. The molecule has 124 valence electrons. The van der Waals surface area contributed by atoms with Crippen molar-refractivity contribution in [2.75, 3.05) is 24.5 Å². The summed E-state index contributed by atoms with van der Waals surface area (Å²) in [6.45, 7) is 2.63. The molecule has 2 aromatic rings. The van der Waals surface area contributed by atoms with Crippen molar-refractivity contribution in [3.05, 3.63) is 46.3 Å². The average molecular weight is 371 g/mol. The van der Waals surface area contributed by atoms with Gasteiger partial charge in [-0.05, 0) is 49.1 Å². The molecule has 4 nitrogen and oxygen atoms in total. The van der Waals surface area contributed by atoms with Crippen molar-refractivity contribution in [2.24, 2.45) is 0 Å². The molecule has 0 atom stereocenters. The summed E-state index contributed by atoms with van der Waals surface area (Å²) >= 11 is 6.85. The third-order valence-corrected chi connectivity index (χ3v) is 7.11. The van der Waals surface area contributed by atoms with E-state index in [-0.39, 0.29) is 4.21 Å². The quantitative estimate of drug-likeness (QED) is 0.846. The molecule has 1 aliphatic heterocycles. The summed E-state index contributed by atoms with van der Waals surface area (Å²) in [7, 11) is -3.45. The van der Waals surface area contributed by atoms with E-state index in [0.29, 0.717) is 17.3 Å². The fraction of sp³-hybridized carbons (Fsp3) is 0.375. The Kier molecular flexibility index (Phi) is 5.26. The Bertz CT molecular complexity index is 751. The molecule has 0 saturated carbocycles. The van der Waals surface area contributed by atoms with Crippen molar-refractivity contribution < 1.29 is 8.42 Å². The van der Waals surface area contributed by atoms with E-state index in [0.717, 1.165) is 30.0 Å². The second-order valence-electron chi connectivity index (χ2n) is 5.57. The zero-order chi connectivity index (χ0) is 16.3. The summed E-state index contributed by atoms with van der Waals surface area (Å²) in [5.74, 6) is 0. The lowest BCUT2D eigenvalue weighted by Crippen LogP contribution is -2.25. The van der Waals surface area contributed by atoms with Crippen LogP contribution in [0.25, 0.3) is 0 Å². The molecular formula is C16H19ClN2O2S2. The largest absolute Gasteiger partial charge is 0.372 e. The van der Waals surface area contributed by atoms with Gasteiger partial charge in [-0.1, -0.05) is 23.7 Å².